The van der Waals surface area contributed by atoms with Crippen LogP contribution >= 0.6 is 0 Å². The maximum atomic E-state index is 14.6. The SMILES string of the molecule is NC(=O)[C@H](CCCN=C(N)N)CC(=O)C(CCCN=C(N)N)NC(=O)[C@H](CCCN=C(N)N)CC(=O)C(CCCN=C(N)N)NC(=O)[C@H](CCCN=C(N)N)CC(=O)C(CCCN=C(N)N)NC(=O)[C@@H](N)CCCN=C(N)N. The summed E-state index contributed by atoms with van der Waals surface area (Å²) in [5, 5.41) is 8.25. The summed E-state index contributed by atoms with van der Waals surface area (Å²) >= 11 is 0. The molecule has 0 aliphatic carbocycles. The third kappa shape index (κ3) is 35.1. The summed E-state index contributed by atoms with van der Waals surface area (Å²) in [7, 11) is 0. The number of carbonyl (C=O) groups excluding carboxylic acids is 7. The lowest BCUT2D eigenvalue weighted by molar-refractivity contribution is -0.136. The van der Waals surface area contributed by atoms with Gasteiger partial charge in [-0.2, -0.15) is 0 Å². The Labute approximate surface area is 454 Å². The lowest BCUT2D eigenvalue weighted by atomic mass is 9.89. The van der Waals surface area contributed by atoms with E-state index in [1.807, 2.05) is 0 Å². The molecule has 442 valence electrons. The number of guanidine groups is 7. The fourth-order valence-electron chi connectivity index (χ4n) is 7.75. The van der Waals surface area contributed by atoms with Gasteiger partial charge in [0.1, 0.15) is 0 Å². The van der Waals surface area contributed by atoms with Crippen LogP contribution in [0.3, 0.4) is 0 Å². The topological polar surface area (TPSA) is 658 Å². The highest BCUT2D eigenvalue weighted by Crippen LogP contribution is 2.21. The van der Waals surface area contributed by atoms with Crippen molar-refractivity contribution in [2.45, 2.75) is 133 Å². The van der Waals surface area contributed by atoms with Crippen LogP contribution in [0.4, 0.5) is 0 Å². The van der Waals surface area contributed by atoms with Crippen LogP contribution in [0.5, 0.6) is 0 Å². The van der Waals surface area contributed by atoms with Gasteiger partial charge >= 0.3 is 0 Å². The van der Waals surface area contributed by atoms with Crippen LogP contribution in [-0.4, -0.2) is 153 Å². The Morgan fingerprint density at radius 2 is 0.513 bits per heavy atom. The molecule has 0 radical (unpaired) electrons. The van der Waals surface area contributed by atoms with Crippen molar-refractivity contribution in [1.29, 1.82) is 0 Å². The number of aliphatic imine (C=N–C) groups is 7. The first kappa shape index (κ1) is 69.7. The molecule has 4 amide bonds. The Hall–Kier alpha value is -8.26. The monoisotopic (exact) mass is 1110 g/mol. The van der Waals surface area contributed by atoms with Gasteiger partial charge in [-0.05, 0) is 89.9 Å². The predicted octanol–water partition coefficient (Wildman–Crippen LogP) is -7.65. The minimum absolute atomic E-state index is 0.0186. The van der Waals surface area contributed by atoms with Crippen molar-refractivity contribution in [3.8, 4) is 0 Å². The lowest BCUT2D eigenvalue weighted by Gasteiger charge is -2.26. The number of hydrogen-bond donors (Lipinski definition) is 19. The molecule has 33 nitrogen and oxygen atoms in total. The normalized spacial score (nSPS) is 13.4. The fourth-order valence-corrected chi connectivity index (χ4v) is 7.75. The van der Waals surface area contributed by atoms with Gasteiger partial charge in [0.15, 0.2) is 59.1 Å². The Morgan fingerprint density at radius 1 is 0.295 bits per heavy atom. The molecule has 3 unspecified atom stereocenters. The molecule has 35 N–H and O–H groups in total. The number of carbonyl (C=O) groups is 7. The lowest BCUT2D eigenvalue weighted by Crippen LogP contribution is -2.50. The van der Waals surface area contributed by atoms with Gasteiger partial charge in [-0.25, -0.2) is 0 Å². The van der Waals surface area contributed by atoms with Gasteiger partial charge in [-0.1, -0.05) is 0 Å². The van der Waals surface area contributed by atoms with Crippen molar-refractivity contribution in [1.82, 2.24) is 16.0 Å². The molecule has 78 heavy (non-hydrogen) atoms. The standard InChI is InChI=1S/C45H90N26O7/c46-28(11-4-18-65-42(54)55)38(78)71-31(14-7-21-68-45(60)61)34(74)24-27(10-3-17-64-41(52)53)37(77)70-30(13-6-20-67-44(58)59)33(73)23-26(9-2-16-63-40(50)51)36(76)69-29(12-5-19-66-43(56)57)32(72)22-25(35(47)75)8-1-15-62-39(48)49/h25-31H,1-24,46H2,(H2,47,75)(H,69,76)(H,70,77)(H,71,78)(H4,48,49,62)(H4,50,51,63)(H4,52,53,64)(H4,54,55,65)(H4,56,57,66)(H4,58,59,67)(H4,60,61,68)/t25-,26-,27-,28+,29?,30?,31?/m1/s1. The van der Waals surface area contributed by atoms with Gasteiger partial charge in [0.25, 0.3) is 0 Å². The van der Waals surface area contributed by atoms with E-state index in [0.29, 0.717) is 12.8 Å². The van der Waals surface area contributed by atoms with E-state index in [-0.39, 0.29) is 171 Å². The second-order valence-electron chi connectivity index (χ2n) is 18.4. The molecular weight excluding hydrogens is 1020 g/mol. The zero-order valence-electron chi connectivity index (χ0n) is 44.7. The zero-order valence-corrected chi connectivity index (χ0v) is 44.7. The molecule has 0 bridgehead atoms. The van der Waals surface area contributed by atoms with Gasteiger partial charge in [0.05, 0.1) is 24.2 Å². The van der Waals surface area contributed by atoms with E-state index in [9.17, 15) is 33.6 Å². The minimum atomic E-state index is -1.28. The minimum Gasteiger partial charge on any atom is -0.370 e. The molecule has 33 heteroatoms. The molecule has 0 saturated heterocycles. The Morgan fingerprint density at radius 3 is 0.769 bits per heavy atom. The van der Waals surface area contributed by atoms with E-state index in [1.54, 1.807) is 0 Å². The number of Topliss-reactive ketones (excluding diaryl/α,β-unsaturated/α-hetero) is 3. The van der Waals surface area contributed by atoms with Crippen LogP contribution in [0.25, 0.3) is 0 Å². The van der Waals surface area contributed by atoms with Crippen LogP contribution in [0.2, 0.25) is 0 Å². The Bertz CT molecular complexity index is 2100. The quantitative estimate of drug-likeness (QED) is 0.0153. The van der Waals surface area contributed by atoms with E-state index in [2.05, 4.69) is 50.9 Å². The van der Waals surface area contributed by atoms with Crippen LogP contribution in [-0.2, 0) is 33.6 Å². The number of rotatable bonds is 44. The largest absolute Gasteiger partial charge is 0.370 e. The maximum Gasteiger partial charge on any atom is 0.237 e. The molecule has 0 aromatic carbocycles. The first-order valence-corrected chi connectivity index (χ1v) is 25.7. The molecule has 0 aromatic rings. The van der Waals surface area contributed by atoms with Gasteiger partial charge in [0.2, 0.25) is 23.6 Å². The van der Waals surface area contributed by atoms with E-state index >= 15 is 0 Å². The highest BCUT2D eigenvalue weighted by molar-refractivity contribution is 5.97. The highest BCUT2D eigenvalue weighted by atomic mass is 16.2. The van der Waals surface area contributed by atoms with E-state index in [1.165, 1.54) is 0 Å². The molecule has 0 saturated carbocycles. The number of ketones is 3. The van der Waals surface area contributed by atoms with Crippen LogP contribution < -0.4 is 108 Å². The van der Waals surface area contributed by atoms with Crippen molar-refractivity contribution < 1.29 is 33.6 Å². The van der Waals surface area contributed by atoms with Crippen molar-refractivity contribution in [3.63, 3.8) is 0 Å². The van der Waals surface area contributed by atoms with Crippen LogP contribution in [0.1, 0.15) is 109 Å². The Kier molecular flexibility index (Phi) is 35.8. The second-order valence-corrected chi connectivity index (χ2v) is 18.4. The highest BCUT2D eigenvalue weighted by Gasteiger charge is 2.34. The predicted molar refractivity (Wildman–Crippen MR) is 302 cm³/mol. The number of nitrogens with zero attached hydrogens (tertiary/aromatic N) is 7. The summed E-state index contributed by atoms with van der Waals surface area (Å²) in [5.41, 5.74) is 88.8. The molecule has 0 rings (SSSR count). The third-order valence-corrected chi connectivity index (χ3v) is 11.8. The Balaban J connectivity index is 7.16. The first-order chi connectivity index (χ1) is 36.7. The van der Waals surface area contributed by atoms with Gasteiger partial charge in [-0.3, -0.25) is 68.5 Å². The second kappa shape index (κ2) is 40.1. The van der Waals surface area contributed by atoms with Gasteiger partial charge in [0, 0.05) is 82.8 Å². The summed E-state index contributed by atoms with van der Waals surface area (Å²) in [6, 6.07) is -4.68. The molecule has 0 aliphatic rings. The van der Waals surface area contributed by atoms with Gasteiger partial charge < -0.3 is 108 Å². The molecule has 0 heterocycles. The first-order valence-electron chi connectivity index (χ1n) is 25.7. The molecular formula is C45H90N26O7. The third-order valence-electron chi connectivity index (χ3n) is 11.8. The number of amides is 4. The molecule has 0 fully saturated rings. The van der Waals surface area contributed by atoms with Crippen molar-refractivity contribution in [3.05, 3.63) is 0 Å². The number of nitrogens with one attached hydrogen (secondary N) is 3. The van der Waals surface area contributed by atoms with Crippen LogP contribution in [0.15, 0.2) is 34.9 Å². The van der Waals surface area contributed by atoms with Gasteiger partial charge in [-0.15, -0.1) is 0 Å². The summed E-state index contributed by atoms with van der Waals surface area (Å²) < 4.78 is 0. The zero-order chi connectivity index (χ0) is 59.2. The average Bonchev–Trinajstić information content (AvgIpc) is 3.34. The maximum absolute atomic E-state index is 14.6. The number of primary amides is 1. The molecule has 0 spiro atoms. The summed E-state index contributed by atoms with van der Waals surface area (Å²) in [6.45, 7) is 0.775. The molecule has 7 atom stereocenters. The van der Waals surface area contributed by atoms with Crippen molar-refractivity contribution in [2.75, 3.05) is 45.8 Å². The van der Waals surface area contributed by atoms with E-state index in [4.69, 9.17) is 91.7 Å². The van der Waals surface area contributed by atoms with E-state index in [0.717, 1.165) is 0 Å². The van der Waals surface area contributed by atoms with Crippen molar-refractivity contribution >= 4 is 82.7 Å². The number of hydrogen-bond acceptors (Lipinski definition) is 15. The summed E-state index contributed by atoms with van der Waals surface area (Å²) in [5.74, 6) is -9.03. The molecule has 0 aliphatic heterocycles. The fraction of sp³-hybridized carbons (Fsp3) is 0.689. The molecule has 0 aromatic heterocycles. The van der Waals surface area contributed by atoms with Crippen molar-refractivity contribution in [2.24, 2.45) is 144 Å². The summed E-state index contributed by atoms with van der Waals surface area (Å²) in [4.78, 5) is 125. The van der Waals surface area contributed by atoms with Crippen LogP contribution in [0, 0.1) is 17.8 Å². The number of nitrogens with two attached hydrogens (primary N) is 16. The summed E-state index contributed by atoms with van der Waals surface area (Å²) in [6.07, 6.45) is 0.861. The smallest absolute Gasteiger partial charge is 0.237 e. The average molecular weight is 1110 g/mol. The van der Waals surface area contributed by atoms with E-state index < -0.39 is 95.7 Å².